The van der Waals surface area contributed by atoms with E-state index in [4.69, 9.17) is 9.26 Å². The van der Waals surface area contributed by atoms with Crippen molar-refractivity contribution >= 4 is 0 Å². The SMILES string of the molecule is CN1CCO[C@H](c2noc(C(C)(C)c3ccccc3)n2)C1. The molecular formula is C16H21N3O2. The van der Waals surface area contributed by atoms with Gasteiger partial charge in [-0.15, -0.1) is 0 Å². The van der Waals surface area contributed by atoms with E-state index >= 15 is 0 Å². The molecule has 21 heavy (non-hydrogen) atoms. The molecular weight excluding hydrogens is 266 g/mol. The zero-order valence-electron chi connectivity index (χ0n) is 12.7. The summed E-state index contributed by atoms with van der Waals surface area (Å²) < 4.78 is 11.3. The Kier molecular flexibility index (Phi) is 3.78. The van der Waals surface area contributed by atoms with Gasteiger partial charge in [0.15, 0.2) is 0 Å². The Morgan fingerprint density at radius 2 is 2.00 bits per heavy atom. The highest BCUT2D eigenvalue weighted by Gasteiger charge is 2.32. The Morgan fingerprint density at radius 3 is 2.71 bits per heavy atom. The van der Waals surface area contributed by atoms with E-state index in [9.17, 15) is 0 Å². The first-order valence-electron chi connectivity index (χ1n) is 7.27. The molecule has 0 radical (unpaired) electrons. The zero-order chi connectivity index (χ0) is 14.9. The maximum absolute atomic E-state index is 5.74. The van der Waals surface area contributed by atoms with Crippen molar-refractivity contribution in [3.63, 3.8) is 0 Å². The van der Waals surface area contributed by atoms with E-state index in [2.05, 4.69) is 48.1 Å². The van der Waals surface area contributed by atoms with Gasteiger partial charge in [0.1, 0.15) is 6.10 Å². The Morgan fingerprint density at radius 1 is 1.24 bits per heavy atom. The first-order valence-corrected chi connectivity index (χ1v) is 7.27. The lowest BCUT2D eigenvalue weighted by Crippen LogP contribution is -2.35. The van der Waals surface area contributed by atoms with Gasteiger partial charge in [-0.25, -0.2) is 0 Å². The van der Waals surface area contributed by atoms with Crippen LogP contribution in [0.3, 0.4) is 0 Å². The summed E-state index contributed by atoms with van der Waals surface area (Å²) in [5.41, 5.74) is 0.842. The minimum atomic E-state index is -0.312. The molecule has 0 amide bonds. The fourth-order valence-corrected chi connectivity index (χ4v) is 2.53. The lowest BCUT2D eigenvalue weighted by atomic mass is 9.84. The van der Waals surface area contributed by atoms with E-state index in [1.54, 1.807) is 0 Å². The molecule has 0 bridgehead atoms. The normalized spacial score (nSPS) is 20.6. The number of rotatable bonds is 3. The fourth-order valence-electron chi connectivity index (χ4n) is 2.53. The second kappa shape index (κ2) is 5.58. The fraction of sp³-hybridized carbons (Fsp3) is 0.500. The summed E-state index contributed by atoms with van der Waals surface area (Å²) in [6.45, 7) is 6.62. The number of ether oxygens (including phenoxy) is 1. The number of hydrogen-bond acceptors (Lipinski definition) is 5. The molecule has 0 N–H and O–H groups in total. The molecule has 1 aromatic heterocycles. The highest BCUT2D eigenvalue weighted by molar-refractivity contribution is 5.29. The zero-order valence-corrected chi connectivity index (χ0v) is 12.7. The van der Waals surface area contributed by atoms with Crippen molar-refractivity contribution in [1.82, 2.24) is 15.0 Å². The van der Waals surface area contributed by atoms with E-state index in [1.807, 2.05) is 18.2 Å². The topological polar surface area (TPSA) is 51.4 Å². The number of nitrogens with zero attached hydrogens (tertiary/aromatic N) is 3. The molecule has 5 heteroatoms. The monoisotopic (exact) mass is 287 g/mol. The third-order valence-electron chi connectivity index (χ3n) is 4.03. The molecule has 0 spiro atoms. The minimum absolute atomic E-state index is 0.104. The highest BCUT2D eigenvalue weighted by Crippen LogP contribution is 2.31. The van der Waals surface area contributed by atoms with Crippen LogP contribution in [0.1, 0.15) is 37.2 Å². The number of hydrogen-bond donors (Lipinski definition) is 0. The second-order valence-corrected chi connectivity index (χ2v) is 6.07. The lowest BCUT2D eigenvalue weighted by Gasteiger charge is -2.27. The molecule has 0 unspecified atom stereocenters. The van der Waals surface area contributed by atoms with Crippen LogP contribution in [0.2, 0.25) is 0 Å². The Bertz CT molecular complexity index is 595. The van der Waals surface area contributed by atoms with Crippen LogP contribution in [0.5, 0.6) is 0 Å². The highest BCUT2D eigenvalue weighted by atomic mass is 16.5. The van der Waals surface area contributed by atoms with Gasteiger partial charge in [0.05, 0.1) is 12.0 Å². The van der Waals surface area contributed by atoms with Gasteiger partial charge in [-0.2, -0.15) is 4.98 Å². The van der Waals surface area contributed by atoms with Crippen LogP contribution in [-0.4, -0.2) is 41.8 Å². The molecule has 0 saturated carbocycles. The largest absolute Gasteiger partial charge is 0.367 e. The first-order chi connectivity index (χ1) is 10.1. The van der Waals surface area contributed by atoms with Crippen LogP contribution < -0.4 is 0 Å². The molecule has 0 aliphatic carbocycles. The summed E-state index contributed by atoms with van der Waals surface area (Å²) in [7, 11) is 2.07. The summed E-state index contributed by atoms with van der Waals surface area (Å²) in [4.78, 5) is 6.80. The molecule has 5 nitrogen and oxygen atoms in total. The maximum Gasteiger partial charge on any atom is 0.236 e. The van der Waals surface area contributed by atoms with Crippen molar-refractivity contribution in [2.45, 2.75) is 25.4 Å². The predicted molar refractivity (Wildman–Crippen MR) is 79.1 cm³/mol. The van der Waals surface area contributed by atoms with Gasteiger partial charge >= 0.3 is 0 Å². The average Bonchev–Trinajstić information content (AvgIpc) is 2.99. The van der Waals surface area contributed by atoms with Gasteiger partial charge < -0.3 is 14.2 Å². The molecule has 1 atom stereocenters. The molecule has 1 fully saturated rings. The second-order valence-electron chi connectivity index (χ2n) is 6.07. The minimum Gasteiger partial charge on any atom is -0.367 e. The first kappa shape index (κ1) is 14.2. The van der Waals surface area contributed by atoms with Crippen LogP contribution >= 0.6 is 0 Å². The van der Waals surface area contributed by atoms with E-state index in [0.717, 1.165) is 18.7 Å². The van der Waals surface area contributed by atoms with Crippen molar-refractivity contribution in [2.75, 3.05) is 26.7 Å². The molecule has 2 heterocycles. The summed E-state index contributed by atoms with van der Waals surface area (Å²) in [5, 5.41) is 4.13. The average molecular weight is 287 g/mol. The summed E-state index contributed by atoms with van der Waals surface area (Å²) in [6.07, 6.45) is -0.104. The summed E-state index contributed by atoms with van der Waals surface area (Å²) in [6, 6.07) is 10.2. The van der Waals surface area contributed by atoms with E-state index in [1.165, 1.54) is 0 Å². The van der Waals surface area contributed by atoms with Gasteiger partial charge in [0.2, 0.25) is 11.7 Å². The van der Waals surface area contributed by atoms with Crippen molar-refractivity contribution < 1.29 is 9.26 Å². The van der Waals surface area contributed by atoms with Gasteiger partial charge in [-0.1, -0.05) is 35.5 Å². The third-order valence-corrected chi connectivity index (χ3v) is 4.03. The molecule has 112 valence electrons. The van der Waals surface area contributed by atoms with Crippen LogP contribution in [0, 0.1) is 0 Å². The van der Waals surface area contributed by atoms with Crippen LogP contribution in [0.25, 0.3) is 0 Å². The molecule has 3 rings (SSSR count). The Hall–Kier alpha value is -1.72. The van der Waals surface area contributed by atoms with Crippen molar-refractivity contribution in [3.05, 3.63) is 47.6 Å². The molecule has 1 saturated heterocycles. The summed E-state index contributed by atoms with van der Waals surface area (Å²) >= 11 is 0. The molecule has 1 aliphatic rings. The van der Waals surface area contributed by atoms with Gasteiger partial charge in [-0.05, 0) is 26.5 Å². The number of aromatic nitrogens is 2. The van der Waals surface area contributed by atoms with E-state index < -0.39 is 0 Å². The van der Waals surface area contributed by atoms with Gasteiger partial charge in [-0.3, -0.25) is 0 Å². The van der Waals surface area contributed by atoms with Crippen molar-refractivity contribution in [1.29, 1.82) is 0 Å². The molecule has 2 aromatic rings. The number of morpholine rings is 1. The number of benzene rings is 1. The van der Waals surface area contributed by atoms with Gasteiger partial charge in [0.25, 0.3) is 0 Å². The van der Waals surface area contributed by atoms with Crippen molar-refractivity contribution in [3.8, 4) is 0 Å². The Balaban J connectivity index is 1.84. The van der Waals surface area contributed by atoms with Crippen LogP contribution in [0.4, 0.5) is 0 Å². The van der Waals surface area contributed by atoms with E-state index in [0.29, 0.717) is 18.3 Å². The quantitative estimate of drug-likeness (QED) is 0.867. The van der Waals surface area contributed by atoms with Gasteiger partial charge in [0, 0.05) is 13.1 Å². The van der Waals surface area contributed by atoms with Crippen LogP contribution in [0.15, 0.2) is 34.9 Å². The maximum atomic E-state index is 5.74. The lowest BCUT2D eigenvalue weighted by molar-refractivity contribution is -0.0264. The smallest absolute Gasteiger partial charge is 0.236 e. The summed E-state index contributed by atoms with van der Waals surface area (Å²) in [5.74, 6) is 1.26. The third kappa shape index (κ3) is 2.84. The standard InChI is InChI=1S/C16H21N3O2/c1-16(2,12-7-5-4-6-8-12)15-17-14(18-21-15)13-11-19(3)9-10-20-13/h4-8,13H,9-11H2,1-3H3/t13-/m0/s1. The molecule has 1 aromatic carbocycles. The number of likely N-dealkylation sites (N-methyl/N-ethyl adjacent to an activating group) is 1. The predicted octanol–water partition coefficient (Wildman–Crippen LogP) is 2.40. The van der Waals surface area contributed by atoms with Crippen LogP contribution in [-0.2, 0) is 10.2 Å². The van der Waals surface area contributed by atoms with Crippen molar-refractivity contribution in [2.24, 2.45) is 0 Å². The molecule has 1 aliphatic heterocycles. The van der Waals surface area contributed by atoms with E-state index in [-0.39, 0.29) is 11.5 Å². The Labute approximate surface area is 124 Å².